The van der Waals surface area contributed by atoms with Crippen molar-refractivity contribution < 1.29 is 28.7 Å². The SMILES string of the molecule is CCCCC(C=O)CNC(Cc1ccc(OC(=O)N2CCN(C)CC2)cc1)C(=O)NC(C(=O)NC(C)(C)CC(C)(C)C(N)=O)C(C)CC. The zero-order valence-electron chi connectivity index (χ0n) is 30.4. The van der Waals surface area contributed by atoms with Gasteiger partial charge >= 0.3 is 6.09 Å². The van der Waals surface area contributed by atoms with E-state index in [1.165, 1.54) is 0 Å². The summed E-state index contributed by atoms with van der Waals surface area (Å²) < 4.78 is 5.59. The average molecular weight is 673 g/mol. The van der Waals surface area contributed by atoms with Crippen LogP contribution in [0.3, 0.4) is 0 Å². The van der Waals surface area contributed by atoms with Crippen LogP contribution in [0.1, 0.15) is 86.1 Å². The van der Waals surface area contributed by atoms with Crippen molar-refractivity contribution in [3.8, 4) is 5.75 Å². The van der Waals surface area contributed by atoms with Crippen LogP contribution in [0, 0.1) is 17.3 Å². The maximum absolute atomic E-state index is 13.9. The highest BCUT2D eigenvalue weighted by molar-refractivity contribution is 5.90. The summed E-state index contributed by atoms with van der Waals surface area (Å²) in [6.07, 6.45) is 4.34. The number of carbonyl (C=O) groups excluding carboxylic acids is 5. The summed E-state index contributed by atoms with van der Waals surface area (Å²) in [6, 6.07) is 5.46. The Labute approximate surface area is 287 Å². The summed E-state index contributed by atoms with van der Waals surface area (Å²) in [6.45, 7) is 16.2. The molecule has 12 heteroatoms. The molecule has 0 radical (unpaired) electrons. The van der Waals surface area contributed by atoms with Crippen molar-refractivity contribution in [1.29, 1.82) is 0 Å². The summed E-state index contributed by atoms with van der Waals surface area (Å²) >= 11 is 0. The molecule has 1 heterocycles. The number of primary amides is 1. The van der Waals surface area contributed by atoms with Gasteiger partial charge in [-0.2, -0.15) is 0 Å². The zero-order valence-corrected chi connectivity index (χ0v) is 30.4. The number of carbonyl (C=O) groups is 5. The molecule has 0 spiro atoms. The molecule has 1 aliphatic rings. The second-order valence-electron chi connectivity index (χ2n) is 14.7. The molecule has 4 unspecified atom stereocenters. The van der Waals surface area contributed by atoms with Crippen LogP contribution in [-0.2, 0) is 25.6 Å². The Morgan fingerprint density at radius 1 is 1.00 bits per heavy atom. The Bertz CT molecular complexity index is 1210. The molecular weight excluding hydrogens is 612 g/mol. The first kappa shape index (κ1) is 40.7. The predicted molar refractivity (Wildman–Crippen MR) is 187 cm³/mol. The maximum Gasteiger partial charge on any atom is 0.415 e. The fourth-order valence-electron chi connectivity index (χ4n) is 5.92. The van der Waals surface area contributed by atoms with Crippen LogP contribution < -0.4 is 26.4 Å². The van der Waals surface area contributed by atoms with Crippen LogP contribution in [0.4, 0.5) is 4.79 Å². The van der Waals surface area contributed by atoms with Crippen molar-refractivity contribution in [3.05, 3.63) is 29.8 Å². The van der Waals surface area contributed by atoms with Gasteiger partial charge in [-0.25, -0.2) is 4.79 Å². The molecule has 4 amide bonds. The third-order valence-corrected chi connectivity index (χ3v) is 9.20. The van der Waals surface area contributed by atoms with Crippen molar-refractivity contribution in [2.75, 3.05) is 39.8 Å². The van der Waals surface area contributed by atoms with Crippen LogP contribution in [0.15, 0.2) is 24.3 Å². The van der Waals surface area contributed by atoms with Crippen molar-refractivity contribution in [2.45, 2.75) is 105 Å². The van der Waals surface area contributed by atoms with E-state index >= 15 is 0 Å². The fraction of sp³-hybridized carbons (Fsp3) is 0.694. The Hall–Kier alpha value is -3.51. The number of hydrogen-bond donors (Lipinski definition) is 4. The monoisotopic (exact) mass is 672 g/mol. The summed E-state index contributed by atoms with van der Waals surface area (Å²) in [4.78, 5) is 67.8. The largest absolute Gasteiger partial charge is 0.415 e. The average Bonchev–Trinajstić information content (AvgIpc) is 3.02. The van der Waals surface area contributed by atoms with E-state index in [-0.39, 0.29) is 30.1 Å². The molecule has 1 aliphatic heterocycles. The lowest BCUT2D eigenvalue weighted by atomic mass is 9.79. The van der Waals surface area contributed by atoms with Crippen LogP contribution in [0.2, 0.25) is 0 Å². The van der Waals surface area contributed by atoms with E-state index in [1.54, 1.807) is 30.9 Å². The van der Waals surface area contributed by atoms with Gasteiger partial charge in [0.25, 0.3) is 0 Å². The molecule has 1 fully saturated rings. The number of nitrogens with one attached hydrogen (secondary N) is 3. The number of nitrogens with zero attached hydrogens (tertiary/aromatic N) is 2. The van der Waals surface area contributed by atoms with E-state index in [4.69, 9.17) is 10.5 Å². The van der Waals surface area contributed by atoms with Crippen LogP contribution in [-0.4, -0.2) is 97.3 Å². The minimum atomic E-state index is -0.841. The summed E-state index contributed by atoms with van der Waals surface area (Å²) in [7, 11) is 2.02. The lowest BCUT2D eigenvalue weighted by Crippen LogP contribution is -2.59. The molecule has 1 saturated heterocycles. The molecule has 2 rings (SSSR count). The number of hydrogen-bond acceptors (Lipinski definition) is 8. The number of nitrogens with two attached hydrogens (primary N) is 1. The number of rotatable bonds is 19. The lowest BCUT2D eigenvalue weighted by Gasteiger charge is -2.36. The molecule has 0 aliphatic carbocycles. The Balaban J connectivity index is 2.22. The van der Waals surface area contributed by atoms with Gasteiger partial charge in [0.15, 0.2) is 0 Å². The summed E-state index contributed by atoms with van der Waals surface area (Å²) in [5.74, 6) is -1.19. The highest BCUT2D eigenvalue weighted by atomic mass is 16.6. The molecule has 270 valence electrons. The molecule has 0 aromatic heterocycles. The van der Waals surface area contributed by atoms with Crippen molar-refractivity contribution in [1.82, 2.24) is 25.8 Å². The summed E-state index contributed by atoms with van der Waals surface area (Å²) in [5.41, 5.74) is 4.80. The van der Waals surface area contributed by atoms with E-state index in [0.29, 0.717) is 44.6 Å². The number of unbranched alkanes of at least 4 members (excludes halogenated alkanes) is 1. The quantitative estimate of drug-likeness (QED) is 0.163. The fourth-order valence-corrected chi connectivity index (χ4v) is 5.92. The van der Waals surface area contributed by atoms with Gasteiger partial charge in [-0.3, -0.25) is 14.4 Å². The Kier molecular flexibility index (Phi) is 16.0. The van der Waals surface area contributed by atoms with Crippen LogP contribution in [0.25, 0.3) is 0 Å². The van der Waals surface area contributed by atoms with E-state index < -0.39 is 35.0 Å². The van der Waals surface area contributed by atoms with Gasteiger partial charge < -0.3 is 41.0 Å². The molecule has 12 nitrogen and oxygen atoms in total. The predicted octanol–water partition coefficient (Wildman–Crippen LogP) is 3.27. The van der Waals surface area contributed by atoms with Crippen molar-refractivity contribution >= 4 is 30.1 Å². The highest BCUT2D eigenvalue weighted by Gasteiger charge is 2.37. The topological polar surface area (TPSA) is 163 Å². The molecule has 0 bridgehead atoms. The normalized spacial score (nSPS) is 16.7. The van der Waals surface area contributed by atoms with E-state index in [2.05, 4.69) is 27.8 Å². The van der Waals surface area contributed by atoms with E-state index in [1.807, 2.05) is 46.9 Å². The maximum atomic E-state index is 13.9. The van der Waals surface area contributed by atoms with Gasteiger partial charge in [-0.05, 0) is 63.8 Å². The van der Waals surface area contributed by atoms with Gasteiger partial charge in [0.2, 0.25) is 17.7 Å². The first-order valence-electron chi connectivity index (χ1n) is 17.4. The molecule has 1 aromatic rings. The molecular formula is C36H60N6O6. The number of amides is 4. The zero-order chi connectivity index (χ0) is 36.1. The van der Waals surface area contributed by atoms with Crippen molar-refractivity contribution in [3.63, 3.8) is 0 Å². The molecule has 4 atom stereocenters. The number of aldehydes is 1. The van der Waals surface area contributed by atoms with Crippen molar-refractivity contribution in [2.24, 2.45) is 23.0 Å². The van der Waals surface area contributed by atoms with Gasteiger partial charge in [-0.1, -0.05) is 66.0 Å². The molecule has 5 N–H and O–H groups in total. The minimum absolute atomic E-state index is 0.184. The van der Waals surface area contributed by atoms with Crippen LogP contribution in [0.5, 0.6) is 5.75 Å². The number of likely N-dealkylation sites (N-methyl/N-ethyl adjacent to an activating group) is 1. The van der Waals surface area contributed by atoms with Gasteiger partial charge in [0.05, 0.1) is 6.04 Å². The third kappa shape index (κ3) is 13.2. The van der Waals surface area contributed by atoms with Gasteiger partial charge in [0.1, 0.15) is 18.1 Å². The number of benzene rings is 1. The van der Waals surface area contributed by atoms with Gasteiger partial charge in [0, 0.05) is 49.6 Å². The molecule has 0 saturated carbocycles. The van der Waals surface area contributed by atoms with E-state index in [0.717, 1.165) is 37.8 Å². The number of ether oxygens (including phenoxy) is 1. The second-order valence-corrected chi connectivity index (χ2v) is 14.7. The third-order valence-electron chi connectivity index (χ3n) is 9.20. The summed E-state index contributed by atoms with van der Waals surface area (Å²) in [5, 5.41) is 9.31. The highest BCUT2D eigenvalue weighted by Crippen LogP contribution is 2.28. The first-order chi connectivity index (χ1) is 22.5. The van der Waals surface area contributed by atoms with Crippen LogP contribution >= 0.6 is 0 Å². The standard InChI is InChI=1S/C36H60N6O6/c1-9-11-12-27(23-43)22-38-29(21-26-13-15-28(16-14-26)48-34(47)42-19-17-41(8)18-20-42)31(44)39-30(25(3)10-2)32(45)40-36(6,7)24-35(4,5)33(37)46/h13-16,23,25,27,29-30,38H,9-12,17-22,24H2,1-8H3,(H2,37,46)(H,39,44)(H,40,45). The lowest BCUT2D eigenvalue weighted by molar-refractivity contribution is -0.133. The smallest absolute Gasteiger partial charge is 0.410 e. The molecule has 48 heavy (non-hydrogen) atoms. The molecule has 1 aromatic carbocycles. The second kappa shape index (κ2) is 18.9. The number of piperazine rings is 1. The van der Waals surface area contributed by atoms with E-state index in [9.17, 15) is 24.0 Å². The minimum Gasteiger partial charge on any atom is -0.410 e. The Morgan fingerprint density at radius 3 is 2.17 bits per heavy atom. The first-order valence-corrected chi connectivity index (χ1v) is 17.4. The Morgan fingerprint density at radius 2 is 1.62 bits per heavy atom. The van der Waals surface area contributed by atoms with Gasteiger partial charge in [-0.15, -0.1) is 0 Å².